The molecule has 3 aromatic carbocycles. The lowest BCUT2D eigenvalue weighted by molar-refractivity contribution is -0.385. The molecule has 0 aliphatic carbocycles. The van der Waals surface area contributed by atoms with Crippen LogP contribution in [0.1, 0.15) is 0 Å². The highest BCUT2D eigenvalue weighted by molar-refractivity contribution is 6.30. The number of hydrogen-bond donors (Lipinski definition) is 0. The van der Waals surface area contributed by atoms with Gasteiger partial charge in [-0.2, -0.15) is 0 Å². The van der Waals surface area contributed by atoms with Gasteiger partial charge in [0, 0.05) is 16.7 Å². The molecule has 0 bridgehead atoms. The van der Waals surface area contributed by atoms with Crippen LogP contribution in [0.4, 0.5) is 5.69 Å². The van der Waals surface area contributed by atoms with E-state index in [1.54, 1.807) is 24.4 Å². The lowest BCUT2D eigenvalue weighted by Crippen LogP contribution is -1.93. The Morgan fingerprint density at radius 2 is 1.70 bits per heavy atom. The molecule has 0 atom stereocenters. The largest absolute Gasteiger partial charge is 0.450 e. The zero-order chi connectivity index (χ0) is 18.8. The lowest BCUT2D eigenvalue weighted by atomic mass is 10.1. The minimum atomic E-state index is -0.528. The fourth-order valence-electron chi connectivity index (χ4n) is 2.64. The summed E-state index contributed by atoms with van der Waals surface area (Å²) in [6, 6.07) is 19.0. The number of halogens is 1. The second-order valence-electron chi connectivity index (χ2n) is 5.74. The summed E-state index contributed by atoms with van der Waals surface area (Å²) in [7, 11) is 0. The van der Waals surface area contributed by atoms with Crippen molar-refractivity contribution in [3.05, 3.63) is 88.1 Å². The third-order valence-electron chi connectivity index (χ3n) is 3.94. The van der Waals surface area contributed by atoms with Crippen LogP contribution in [0.25, 0.3) is 22.3 Å². The Morgan fingerprint density at radius 1 is 0.963 bits per heavy atom. The number of hydrogen-bond acceptors (Lipinski definition) is 5. The molecular formula is C20H12ClN3O3. The molecule has 0 aliphatic rings. The fourth-order valence-corrected chi connectivity index (χ4v) is 2.80. The molecule has 0 amide bonds. The molecule has 0 radical (unpaired) electrons. The lowest BCUT2D eigenvalue weighted by Gasteiger charge is -2.08. The second kappa shape index (κ2) is 7.01. The molecule has 6 nitrogen and oxygen atoms in total. The number of rotatable bonds is 4. The number of para-hydroxylation sites is 2. The molecule has 27 heavy (non-hydrogen) atoms. The molecule has 0 saturated carbocycles. The van der Waals surface area contributed by atoms with E-state index in [0.717, 1.165) is 22.3 Å². The van der Waals surface area contributed by atoms with Crippen molar-refractivity contribution in [2.75, 3.05) is 0 Å². The zero-order valence-corrected chi connectivity index (χ0v) is 14.6. The Morgan fingerprint density at radius 3 is 2.44 bits per heavy atom. The summed E-state index contributed by atoms with van der Waals surface area (Å²) in [4.78, 5) is 19.6. The third kappa shape index (κ3) is 3.56. The van der Waals surface area contributed by atoms with Crippen molar-refractivity contribution in [3.8, 4) is 22.8 Å². The predicted molar refractivity (Wildman–Crippen MR) is 103 cm³/mol. The molecule has 0 fully saturated rings. The van der Waals surface area contributed by atoms with Crippen molar-refractivity contribution in [1.29, 1.82) is 0 Å². The molecule has 4 aromatic rings. The van der Waals surface area contributed by atoms with Gasteiger partial charge in [0.1, 0.15) is 5.75 Å². The van der Waals surface area contributed by atoms with E-state index in [9.17, 15) is 10.1 Å². The highest BCUT2D eigenvalue weighted by atomic mass is 35.5. The first-order valence-corrected chi connectivity index (χ1v) is 8.42. The predicted octanol–water partition coefficient (Wildman–Crippen LogP) is 5.65. The maximum atomic E-state index is 11.2. The summed E-state index contributed by atoms with van der Waals surface area (Å²) in [6.45, 7) is 0. The van der Waals surface area contributed by atoms with Crippen LogP contribution in [-0.4, -0.2) is 14.9 Å². The van der Waals surface area contributed by atoms with E-state index in [2.05, 4.69) is 9.97 Å². The number of benzene rings is 3. The molecule has 0 saturated heterocycles. The molecule has 4 rings (SSSR count). The number of nitro groups is 1. The van der Waals surface area contributed by atoms with Gasteiger partial charge in [-0.05, 0) is 48.5 Å². The Labute approximate surface area is 159 Å². The van der Waals surface area contributed by atoms with Gasteiger partial charge in [0.2, 0.25) is 5.75 Å². The fraction of sp³-hybridized carbons (Fsp3) is 0. The third-order valence-corrected chi connectivity index (χ3v) is 4.18. The maximum Gasteiger partial charge on any atom is 0.313 e. The van der Waals surface area contributed by atoms with Crippen LogP contribution in [0.15, 0.2) is 72.9 Å². The van der Waals surface area contributed by atoms with E-state index in [1.165, 1.54) is 12.1 Å². The van der Waals surface area contributed by atoms with Crippen molar-refractivity contribution in [2.24, 2.45) is 0 Å². The SMILES string of the molecule is O=[N+]([O-])c1cc(Cl)ccc1Oc1ccc(-c2cnc3ccccc3n2)cc1. The monoisotopic (exact) mass is 377 g/mol. The summed E-state index contributed by atoms with van der Waals surface area (Å²) in [6.07, 6.45) is 1.71. The van der Waals surface area contributed by atoms with E-state index < -0.39 is 4.92 Å². The van der Waals surface area contributed by atoms with Crippen LogP contribution in [0.2, 0.25) is 5.02 Å². The smallest absolute Gasteiger partial charge is 0.313 e. The molecule has 1 heterocycles. The zero-order valence-electron chi connectivity index (χ0n) is 13.9. The molecule has 7 heteroatoms. The maximum absolute atomic E-state index is 11.2. The highest BCUT2D eigenvalue weighted by Gasteiger charge is 2.16. The number of nitrogens with zero attached hydrogens (tertiary/aromatic N) is 3. The topological polar surface area (TPSA) is 78.2 Å². The molecular weight excluding hydrogens is 366 g/mol. The minimum absolute atomic E-state index is 0.127. The minimum Gasteiger partial charge on any atom is -0.450 e. The van der Waals surface area contributed by atoms with Crippen molar-refractivity contribution >= 4 is 28.3 Å². The molecule has 132 valence electrons. The average molecular weight is 378 g/mol. The van der Waals surface area contributed by atoms with Crippen LogP contribution in [-0.2, 0) is 0 Å². The first-order valence-electron chi connectivity index (χ1n) is 8.04. The standard InChI is InChI=1S/C20H12ClN3O3/c21-14-7-10-20(19(11-14)24(25)26)27-15-8-5-13(6-9-15)18-12-22-16-3-1-2-4-17(16)23-18/h1-12H. The van der Waals surface area contributed by atoms with Crippen LogP contribution < -0.4 is 4.74 Å². The van der Waals surface area contributed by atoms with Crippen LogP contribution >= 0.6 is 11.6 Å². The van der Waals surface area contributed by atoms with E-state index in [0.29, 0.717) is 5.75 Å². The Balaban J connectivity index is 1.61. The van der Waals surface area contributed by atoms with Crippen molar-refractivity contribution in [3.63, 3.8) is 0 Å². The van der Waals surface area contributed by atoms with E-state index in [1.807, 2.05) is 36.4 Å². The van der Waals surface area contributed by atoms with E-state index in [4.69, 9.17) is 16.3 Å². The number of fused-ring (bicyclic) bond motifs is 1. The second-order valence-corrected chi connectivity index (χ2v) is 6.18. The van der Waals surface area contributed by atoms with E-state index in [-0.39, 0.29) is 16.5 Å². The van der Waals surface area contributed by atoms with Crippen molar-refractivity contribution < 1.29 is 9.66 Å². The molecule has 0 spiro atoms. The summed E-state index contributed by atoms with van der Waals surface area (Å²) in [5, 5.41) is 11.4. The summed E-state index contributed by atoms with van der Waals surface area (Å²) >= 11 is 5.82. The van der Waals surface area contributed by atoms with Gasteiger partial charge in [-0.3, -0.25) is 15.1 Å². The normalized spacial score (nSPS) is 10.7. The number of nitro benzene ring substituents is 1. The first-order chi connectivity index (χ1) is 13.1. The quantitative estimate of drug-likeness (QED) is 0.339. The van der Waals surface area contributed by atoms with Crippen molar-refractivity contribution in [2.45, 2.75) is 0 Å². The Kier molecular flexibility index (Phi) is 4.40. The van der Waals surface area contributed by atoms with Crippen LogP contribution in [0.5, 0.6) is 11.5 Å². The summed E-state index contributed by atoms with van der Waals surface area (Å²) < 4.78 is 5.65. The summed E-state index contributed by atoms with van der Waals surface area (Å²) in [5.74, 6) is 0.598. The number of ether oxygens (including phenoxy) is 1. The molecule has 0 N–H and O–H groups in total. The van der Waals surface area contributed by atoms with Gasteiger partial charge in [-0.25, -0.2) is 4.98 Å². The summed E-state index contributed by atoms with van der Waals surface area (Å²) in [5.41, 5.74) is 3.05. The van der Waals surface area contributed by atoms with Gasteiger partial charge in [-0.1, -0.05) is 23.7 Å². The Hall–Kier alpha value is -3.51. The molecule has 1 aromatic heterocycles. The van der Waals surface area contributed by atoms with Gasteiger partial charge in [0.15, 0.2) is 0 Å². The molecule has 0 aliphatic heterocycles. The van der Waals surface area contributed by atoms with Gasteiger partial charge < -0.3 is 4.74 Å². The first kappa shape index (κ1) is 16.9. The van der Waals surface area contributed by atoms with Gasteiger partial charge in [0.05, 0.1) is 27.8 Å². The van der Waals surface area contributed by atoms with Gasteiger partial charge >= 0.3 is 5.69 Å². The van der Waals surface area contributed by atoms with Crippen molar-refractivity contribution in [1.82, 2.24) is 9.97 Å². The van der Waals surface area contributed by atoms with E-state index >= 15 is 0 Å². The van der Waals surface area contributed by atoms with Gasteiger partial charge in [-0.15, -0.1) is 0 Å². The highest BCUT2D eigenvalue weighted by Crippen LogP contribution is 2.34. The number of aromatic nitrogens is 2. The average Bonchev–Trinajstić information content (AvgIpc) is 2.69. The van der Waals surface area contributed by atoms with Crippen LogP contribution in [0, 0.1) is 10.1 Å². The Bertz CT molecular complexity index is 1150. The molecule has 0 unspecified atom stereocenters. The van der Waals surface area contributed by atoms with Crippen LogP contribution in [0.3, 0.4) is 0 Å². The van der Waals surface area contributed by atoms with Gasteiger partial charge in [0.25, 0.3) is 0 Å².